The first-order valence-electron chi connectivity index (χ1n) is 6.98. The summed E-state index contributed by atoms with van der Waals surface area (Å²) in [4.78, 5) is 0.142. The first-order chi connectivity index (χ1) is 10.0. The smallest absolute Gasteiger partial charge is 0.246 e. The van der Waals surface area contributed by atoms with Crippen LogP contribution in [0.2, 0.25) is 0 Å². The standard InChI is InChI=1S/C14H19NO5S/c1-19-13-6-10(9-16)2-5-14(13)21(17,18)15-7-11-3-4-12(8-15)20-11/h2,5-6,11-12,16H,3-4,7-9H2,1H3. The minimum Gasteiger partial charge on any atom is -0.495 e. The van der Waals surface area contributed by atoms with Gasteiger partial charge in [-0.2, -0.15) is 4.31 Å². The molecule has 2 aliphatic rings. The Hall–Kier alpha value is -1.15. The van der Waals surface area contributed by atoms with Gasteiger partial charge in [0.25, 0.3) is 0 Å². The summed E-state index contributed by atoms with van der Waals surface area (Å²) in [6.07, 6.45) is 1.83. The van der Waals surface area contributed by atoms with E-state index in [0.29, 0.717) is 18.7 Å². The van der Waals surface area contributed by atoms with Gasteiger partial charge in [0.15, 0.2) is 0 Å². The second kappa shape index (κ2) is 5.57. The van der Waals surface area contributed by atoms with E-state index in [9.17, 15) is 8.42 Å². The van der Waals surface area contributed by atoms with Gasteiger partial charge in [0, 0.05) is 13.1 Å². The lowest BCUT2D eigenvalue weighted by atomic mass is 10.2. The molecule has 6 nitrogen and oxygen atoms in total. The fourth-order valence-electron chi connectivity index (χ4n) is 2.94. The van der Waals surface area contributed by atoms with Crippen LogP contribution >= 0.6 is 0 Å². The first kappa shape index (κ1) is 14.8. The Kier molecular flexibility index (Phi) is 3.92. The SMILES string of the molecule is COc1cc(CO)ccc1S(=O)(=O)N1CC2CCC(C1)O2. The van der Waals surface area contributed by atoms with Crippen LogP contribution in [0.5, 0.6) is 5.75 Å². The molecule has 2 unspecified atom stereocenters. The lowest BCUT2D eigenvalue weighted by molar-refractivity contribution is -0.0115. The third kappa shape index (κ3) is 2.66. The van der Waals surface area contributed by atoms with Crippen LogP contribution < -0.4 is 4.74 Å². The molecule has 2 atom stereocenters. The van der Waals surface area contributed by atoms with Gasteiger partial charge in [-0.25, -0.2) is 8.42 Å². The van der Waals surface area contributed by atoms with E-state index in [-0.39, 0.29) is 29.5 Å². The number of benzene rings is 1. The van der Waals surface area contributed by atoms with E-state index >= 15 is 0 Å². The summed E-state index contributed by atoms with van der Waals surface area (Å²) in [6, 6.07) is 4.66. The van der Waals surface area contributed by atoms with Crippen molar-refractivity contribution in [3.05, 3.63) is 23.8 Å². The molecule has 0 amide bonds. The molecule has 0 saturated carbocycles. The highest BCUT2D eigenvalue weighted by Gasteiger charge is 2.40. The summed E-state index contributed by atoms with van der Waals surface area (Å²) in [7, 11) is -2.18. The molecule has 2 aliphatic heterocycles. The number of ether oxygens (including phenoxy) is 2. The van der Waals surface area contributed by atoms with E-state index in [1.54, 1.807) is 12.1 Å². The van der Waals surface area contributed by atoms with Crippen molar-refractivity contribution in [1.29, 1.82) is 0 Å². The van der Waals surface area contributed by atoms with E-state index in [1.807, 2.05) is 0 Å². The van der Waals surface area contributed by atoms with Gasteiger partial charge in [-0.05, 0) is 30.5 Å². The summed E-state index contributed by atoms with van der Waals surface area (Å²) in [5, 5.41) is 9.15. The van der Waals surface area contributed by atoms with Crippen LogP contribution in [0.25, 0.3) is 0 Å². The Morgan fingerprint density at radius 2 is 2.00 bits per heavy atom. The lowest BCUT2D eigenvalue weighted by Gasteiger charge is -2.31. The zero-order valence-electron chi connectivity index (χ0n) is 11.9. The third-order valence-electron chi connectivity index (χ3n) is 4.04. The first-order valence-corrected chi connectivity index (χ1v) is 8.42. The molecule has 0 radical (unpaired) electrons. The number of fused-ring (bicyclic) bond motifs is 2. The second-order valence-corrected chi connectivity index (χ2v) is 7.33. The molecule has 2 saturated heterocycles. The van der Waals surface area contributed by atoms with E-state index in [4.69, 9.17) is 14.6 Å². The predicted octanol–water partition coefficient (Wildman–Crippen LogP) is 0.739. The number of morpholine rings is 1. The number of nitrogens with zero attached hydrogens (tertiary/aromatic N) is 1. The molecule has 2 bridgehead atoms. The quantitative estimate of drug-likeness (QED) is 0.887. The molecule has 3 rings (SSSR count). The van der Waals surface area contributed by atoms with Gasteiger partial charge in [-0.3, -0.25) is 0 Å². The normalized spacial score (nSPS) is 26.0. The monoisotopic (exact) mass is 313 g/mol. The Bertz CT molecular complexity index is 618. The van der Waals surface area contributed by atoms with Crippen LogP contribution in [0.15, 0.2) is 23.1 Å². The van der Waals surface area contributed by atoms with Crippen molar-refractivity contribution < 1.29 is 23.0 Å². The van der Waals surface area contributed by atoms with Crippen molar-refractivity contribution in [2.24, 2.45) is 0 Å². The Labute approximate surface area is 124 Å². The topological polar surface area (TPSA) is 76.1 Å². The van der Waals surface area contributed by atoms with Crippen molar-refractivity contribution in [2.75, 3.05) is 20.2 Å². The second-order valence-electron chi connectivity index (χ2n) is 5.42. The largest absolute Gasteiger partial charge is 0.495 e. The molecule has 1 aromatic carbocycles. The van der Waals surface area contributed by atoms with Gasteiger partial charge in [0.2, 0.25) is 10.0 Å². The Morgan fingerprint density at radius 3 is 2.57 bits per heavy atom. The van der Waals surface area contributed by atoms with Crippen LogP contribution in [0, 0.1) is 0 Å². The van der Waals surface area contributed by atoms with Crippen LogP contribution in [-0.4, -0.2) is 50.2 Å². The molecule has 7 heteroatoms. The average molecular weight is 313 g/mol. The van der Waals surface area contributed by atoms with E-state index in [1.165, 1.54) is 17.5 Å². The van der Waals surface area contributed by atoms with E-state index in [2.05, 4.69) is 0 Å². The highest BCUT2D eigenvalue weighted by molar-refractivity contribution is 7.89. The van der Waals surface area contributed by atoms with Crippen LogP contribution in [0.1, 0.15) is 18.4 Å². The number of rotatable bonds is 4. The number of sulfonamides is 1. The van der Waals surface area contributed by atoms with Crippen LogP contribution in [-0.2, 0) is 21.4 Å². The minimum atomic E-state index is -3.61. The maximum atomic E-state index is 12.8. The predicted molar refractivity (Wildman–Crippen MR) is 75.6 cm³/mol. The van der Waals surface area contributed by atoms with Crippen LogP contribution in [0.4, 0.5) is 0 Å². The average Bonchev–Trinajstić information content (AvgIpc) is 2.84. The zero-order valence-corrected chi connectivity index (χ0v) is 12.7. The van der Waals surface area contributed by atoms with Gasteiger partial charge in [0.1, 0.15) is 10.6 Å². The molecule has 0 aromatic heterocycles. The molecular formula is C14H19NO5S. The van der Waals surface area contributed by atoms with Gasteiger partial charge < -0.3 is 14.6 Å². The summed E-state index contributed by atoms with van der Waals surface area (Å²) in [5.41, 5.74) is 0.618. The third-order valence-corrected chi connectivity index (χ3v) is 5.91. The lowest BCUT2D eigenvalue weighted by Crippen LogP contribution is -2.45. The minimum absolute atomic E-state index is 0.00114. The van der Waals surface area contributed by atoms with Crippen molar-refractivity contribution >= 4 is 10.0 Å². The molecule has 1 N–H and O–H groups in total. The van der Waals surface area contributed by atoms with Crippen molar-refractivity contribution in [2.45, 2.75) is 36.6 Å². The highest BCUT2D eigenvalue weighted by atomic mass is 32.2. The molecule has 0 aliphatic carbocycles. The number of methoxy groups -OCH3 is 1. The number of hydrogen-bond donors (Lipinski definition) is 1. The molecule has 2 heterocycles. The Balaban J connectivity index is 1.94. The van der Waals surface area contributed by atoms with Crippen LogP contribution in [0.3, 0.4) is 0 Å². The maximum Gasteiger partial charge on any atom is 0.246 e. The summed E-state index contributed by atoms with van der Waals surface area (Å²) in [5.74, 6) is 0.264. The van der Waals surface area contributed by atoms with Gasteiger partial charge in [0.05, 0.1) is 25.9 Å². The van der Waals surface area contributed by atoms with Gasteiger partial charge in [-0.15, -0.1) is 0 Å². The maximum absolute atomic E-state index is 12.8. The summed E-state index contributed by atoms with van der Waals surface area (Å²) >= 11 is 0. The van der Waals surface area contributed by atoms with Gasteiger partial charge >= 0.3 is 0 Å². The fraction of sp³-hybridized carbons (Fsp3) is 0.571. The van der Waals surface area contributed by atoms with E-state index < -0.39 is 10.0 Å². The summed E-state index contributed by atoms with van der Waals surface area (Å²) < 4.78 is 38.0. The molecule has 21 heavy (non-hydrogen) atoms. The molecule has 2 fully saturated rings. The number of aliphatic hydroxyl groups is 1. The van der Waals surface area contributed by atoms with Gasteiger partial charge in [-0.1, -0.05) is 6.07 Å². The van der Waals surface area contributed by atoms with E-state index in [0.717, 1.165) is 12.8 Å². The van der Waals surface area contributed by atoms with Crippen molar-refractivity contribution in [3.63, 3.8) is 0 Å². The molecule has 1 aromatic rings. The summed E-state index contributed by atoms with van der Waals surface area (Å²) in [6.45, 7) is 0.631. The molecule has 116 valence electrons. The molecule has 0 spiro atoms. The fourth-order valence-corrected chi connectivity index (χ4v) is 4.58. The van der Waals surface area contributed by atoms with Crippen molar-refractivity contribution in [1.82, 2.24) is 4.31 Å². The highest BCUT2D eigenvalue weighted by Crippen LogP contribution is 2.33. The number of hydrogen-bond acceptors (Lipinski definition) is 5. The molecular weight excluding hydrogens is 294 g/mol. The zero-order chi connectivity index (χ0) is 15.0. The number of aliphatic hydroxyl groups excluding tert-OH is 1. The Morgan fingerprint density at radius 1 is 1.33 bits per heavy atom. The van der Waals surface area contributed by atoms with Crippen molar-refractivity contribution in [3.8, 4) is 5.75 Å².